The van der Waals surface area contributed by atoms with Gasteiger partial charge in [-0.25, -0.2) is 0 Å². The number of carboxylic acid groups (broad SMARTS) is 1. The van der Waals surface area contributed by atoms with Gasteiger partial charge in [-0.05, 0) is 39.5 Å². The van der Waals surface area contributed by atoms with E-state index < -0.39 is 12.3 Å². The standard InChI is InChI=1S/C7H12O4.C4H6O2.C4H10O/c1-11-7(10)5-3-2-4-6(8)9;1-2-3-4(5)6;1-3-5-4-2/h2-5H2,1H3,(H,8,9);4-6H,1H3;3-4H2,1-2H3. The largest absolute Gasteiger partial charge is 0.481 e. The van der Waals surface area contributed by atoms with Gasteiger partial charge in [-0.1, -0.05) is 0 Å². The van der Waals surface area contributed by atoms with Crippen LogP contribution < -0.4 is 0 Å². The number of carboxylic acids is 1. The maximum Gasteiger partial charge on any atom is 0.305 e. The molecule has 0 spiro atoms. The number of aliphatic carboxylic acids is 1. The van der Waals surface area contributed by atoms with Crippen molar-refractivity contribution in [2.75, 3.05) is 20.3 Å². The molecule has 0 heterocycles. The van der Waals surface area contributed by atoms with Crippen LogP contribution in [0.1, 0.15) is 46.5 Å². The van der Waals surface area contributed by atoms with Crippen LogP contribution in [0.15, 0.2) is 0 Å². The molecule has 0 aliphatic carbocycles. The molecule has 0 aromatic heterocycles. The van der Waals surface area contributed by atoms with Gasteiger partial charge in [0.25, 0.3) is 0 Å². The summed E-state index contributed by atoms with van der Waals surface area (Å²) in [5, 5.41) is 24.1. The number of carbonyl (C=O) groups excluding carboxylic acids is 1. The number of esters is 1. The second kappa shape index (κ2) is 21.7. The number of hydrogen-bond acceptors (Lipinski definition) is 6. The lowest BCUT2D eigenvalue weighted by molar-refractivity contribution is -0.141. The minimum atomic E-state index is -1.46. The number of aliphatic hydroxyl groups is 2. The van der Waals surface area contributed by atoms with Crippen LogP contribution in [0.25, 0.3) is 0 Å². The highest BCUT2D eigenvalue weighted by Gasteiger charge is 2.01. The van der Waals surface area contributed by atoms with E-state index in [0.717, 1.165) is 13.2 Å². The summed E-state index contributed by atoms with van der Waals surface area (Å²) in [5.41, 5.74) is 0. The molecule has 0 atom stereocenters. The average Bonchev–Trinajstić information content (AvgIpc) is 2.45. The van der Waals surface area contributed by atoms with Crippen LogP contribution in [-0.2, 0) is 19.1 Å². The molecule has 0 fully saturated rings. The van der Waals surface area contributed by atoms with E-state index in [1.54, 1.807) is 6.92 Å². The molecular weight excluding hydrogens is 292 g/mol. The van der Waals surface area contributed by atoms with Crippen LogP contribution >= 0.6 is 0 Å². The second-order valence-electron chi connectivity index (χ2n) is 3.73. The van der Waals surface area contributed by atoms with E-state index in [0.29, 0.717) is 19.3 Å². The van der Waals surface area contributed by atoms with Crippen molar-refractivity contribution < 1.29 is 34.4 Å². The average molecular weight is 320 g/mol. The topological polar surface area (TPSA) is 113 Å². The summed E-state index contributed by atoms with van der Waals surface area (Å²) in [6.07, 6.45) is 0.0829. The molecule has 0 aromatic carbocycles. The quantitative estimate of drug-likeness (QED) is 0.279. The van der Waals surface area contributed by atoms with Crippen LogP contribution in [0.4, 0.5) is 0 Å². The van der Waals surface area contributed by atoms with Crippen molar-refractivity contribution in [2.45, 2.75) is 52.7 Å². The minimum absolute atomic E-state index is 0.122. The lowest BCUT2D eigenvalue weighted by Crippen LogP contribution is -2.00. The zero-order valence-electron chi connectivity index (χ0n) is 13.8. The Bertz CT molecular complexity index is 314. The van der Waals surface area contributed by atoms with Gasteiger partial charge < -0.3 is 24.8 Å². The van der Waals surface area contributed by atoms with Crippen LogP contribution in [0, 0.1) is 11.8 Å². The number of unbranched alkanes of at least 4 members (excludes halogenated alkanes) is 1. The first-order valence-corrected chi connectivity index (χ1v) is 7.00. The van der Waals surface area contributed by atoms with E-state index in [1.807, 2.05) is 13.8 Å². The van der Waals surface area contributed by atoms with Crippen molar-refractivity contribution in [3.8, 4) is 11.8 Å². The third kappa shape index (κ3) is 36.2. The summed E-state index contributed by atoms with van der Waals surface area (Å²) < 4.78 is 9.20. The van der Waals surface area contributed by atoms with Crippen molar-refractivity contribution in [1.29, 1.82) is 0 Å². The van der Waals surface area contributed by atoms with E-state index in [1.165, 1.54) is 7.11 Å². The predicted molar refractivity (Wildman–Crippen MR) is 82.0 cm³/mol. The highest BCUT2D eigenvalue weighted by Crippen LogP contribution is 2.00. The molecule has 0 saturated heterocycles. The van der Waals surface area contributed by atoms with Crippen molar-refractivity contribution in [1.82, 2.24) is 0 Å². The van der Waals surface area contributed by atoms with Gasteiger partial charge >= 0.3 is 11.9 Å². The number of aliphatic hydroxyl groups excluding tert-OH is 1. The summed E-state index contributed by atoms with van der Waals surface area (Å²) in [7, 11) is 1.32. The fourth-order valence-corrected chi connectivity index (χ4v) is 0.981. The number of ether oxygens (including phenoxy) is 2. The van der Waals surface area contributed by atoms with Crippen molar-refractivity contribution >= 4 is 11.9 Å². The van der Waals surface area contributed by atoms with Gasteiger partial charge in [-0.2, -0.15) is 0 Å². The Morgan fingerprint density at radius 3 is 1.82 bits per heavy atom. The first-order valence-electron chi connectivity index (χ1n) is 7.00. The third-order valence-electron chi connectivity index (χ3n) is 1.93. The molecule has 0 radical (unpaired) electrons. The van der Waals surface area contributed by atoms with E-state index >= 15 is 0 Å². The van der Waals surface area contributed by atoms with E-state index in [-0.39, 0.29) is 12.4 Å². The SMILES string of the molecule is CC#CC(O)O.CCOCC.COC(=O)CCCCC(=O)O. The molecule has 0 rings (SSSR count). The Morgan fingerprint density at radius 2 is 1.59 bits per heavy atom. The molecular formula is C15H28O7. The van der Waals surface area contributed by atoms with Gasteiger partial charge in [0, 0.05) is 26.1 Å². The van der Waals surface area contributed by atoms with Gasteiger partial charge in [-0.15, -0.1) is 5.92 Å². The normalized spacial score (nSPS) is 8.50. The highest BCUT2D eigenvalue weighted by molar-refractivity contribution is 5.69. The summed E-state index contributed by atoms with van der Waals surface area (Å²) in [6, 6.07) is 0. The van der Waals surface area contributed by atoms with E-state index in [2.05, 4.69) is 16.6 Å². The van der Waals surface area contributed by atoms with Crippen LogP contribution in [-0.4, -0.2) is 53.9 Å². The summed E-state index contributed by atoms with van der Waals surface area (Å²) in [4.78, 5) is 20.5. The molecule has 22 heavy (non-hydrogen) atoms. The molecule has 7 nitrogen and oxygen atoms in total. The van der Waals surface area contributed by atoms with Crippen LogP contribution in [0.3, 0.4) is 0 Å². The van der Waals surface area contributed by atoms with Crippen molar-refractivity contribution in [2.24, 2.45) is 0 Å². The van der Waals surface area contributed by atoms with Gasteiger partial charge in [0.05, 0.1) is 7.11 Å². The smallest absolute Gasteiger partial charge is 0.305 e. The van der Waals surface area contributed by atoms with Gasteiger partial charge in [0.15, 0.2) is 0 Å². The Labute approximate surface area is 132 Å². The molecule has 3 N–H and O–H groups in total. The number of hydrogen-bond donors (Lipinski definition) is 3. The van der Waals surface area contributed by atoms with Crippen LogP contribution in [0.2, 0.25) is 0 Å². The van der Waals surface area contributed by atoms with E-state index in [4.69, 9.17) is 20.1 Å². The lowest BCUT2D eigenvalue weighted by atomic mass is 10.2. The molecule has 0 aliphatic rings. The molecule has 0 amide bonds. The second-order valence-corrected chi connectivity index (χ2v) is 3.73. The highest BCUT2D eigenvalue weighted by atomic mass is 16.5. The van der Waals surface area contributed by atoms with Gasteiger partial charge in [0.2, 0.25) is 6.29 Å². The number of carbonyl (C=O) groups is 2. The Morgan fingerprint density at radius 1 is 1.09 bits per heavy atom. The fraction of sp³-hybridized carbons (Fsp3) is 0.733. The monoisotopic (exact) mass is 320 g/mol. The predicted octanol–water partition coefficient (Wildman–Crippen LogP) is 1.17. The Hall–Kier alpha value is -1.62. The zero-order chi connectivity index (χ0) is 17.8. The molecule has 130 valence electrons. The maximum atomic E-state index is 10.5. The summed E-state index contributed by atoms with van der Waals surface area (Å²) >= 11 is 0. The van der Waals surface area contributed by atoms with Gasteiger partial charge in [-0.3, -0.25) is 9.59 Å². The minimum Gasteiger partial charge on any atom is -0.481 e. The molecule has 0 saturated carbocycles. The van der Waals surface area contributed by atoms with Crippen LogP contribution in [0.5, 0.6) is 0 Å². The lowest BCUT2D eigenvalue weighted by Gasteiger charge is -1.96. The zero-order valence-corrected chi connectivity index (χ0v) is 13.8. The molecule has 0 unspecified atom stereocenters. The Balaban J connectivity index is -0.000000277. The fourth-order valence-electron chi connectivity index (χ4n) is 0.981. The Kier molecular flexibility index (Phi) is 25.0. The maximum absolute atomic E-state index is 10.5. The van der Waals surface area contributed by atoms with Gasteiger partial charge in [0.1, 0.15) is 0 Å². The summed E-state index contributed by atoms with van der Waals surface area (Å²) in [6.45, 7) is 7.21. The molecule has 0 bridgehead atoms. The van der Waals surface area contributed by atoms with Crippen molar-refractivity contribution in [3.05, 3.63) is 0 Å². The number of rotatable bonds is 7. The first kappa shape index (κ1) is 25.3. The third-order valence-corrected chi connectivity index (χ3v) is 1.93. The van der Waals surface area contributed by atoms with E-state index in [9.17, 15) is 9.59 Å². The van der Waals surface area contributed by atoms with Crippen molar-refractivity contribution in [3.63, 3.8) is 0 Å². The number of methoxy groups -OCH3 is 1. The molecule has 7 heteroatoms. The first-order chi connectivity index (χ1) is 10.3. The molecule has 0 aromatic rings. The summed E-state index contributed by atoms with van der Waals surface area (Å²) in [5.74, 6) is 3.28. The molecule has 0 aliphatic heterocycles.